The van der Waals surface area contributed by atoms with Crippen molar-refractivity contribution in [1.29, 1.82) is 0 Å². The van der Waals surface area contributed by atoms with Crippen LogP contribution in [0.15, 0.2) is 30.3 Å². The van der Waals surface area contributed by atoms with E-state index in [2.05, 4.69) is 0 Å². The summed E-state index contributed by atoms with van der Waals surface area (Å²) >= 11 is 0. The summed E-state index contributed by atoms with van der Waals surface area (Å²) in [6, 6.07) is 8.56. The Morgan fingerprint density at radius 2 is 1.81 bits per heavy atom. The van der Waals surface area contributed by atoms with Gasteiger partial charge in [0.2, 0.25) is 0 Å². The third-order valence-corrected chi connectivity index (χ3v) is 2.87. The van der Waals surface area contributed by atoms with E-state index in [1.165, 1.54) is 0 Å². The van der Waals surface area contributed by atoms with Crippen LogP contribution in [0.3, 0.4) is 0 Å². The molecule has 0 radical (unpaired) electrons. The van der Waals surface area contributed by atoms with Gasteiger partial charge in [0.1, 0.15) is 5.60 Å². The van der Waals surface area contributed by atoms with E-state index in [4.69, 9.17) is 15.6 Å². The molecule has 0 unspecified atom stereocenters. The van der Waals surface area contributed by atoms with Crippen LogP contribution >= 0.6 is 0 Å². The first-order valence-electron chi connectivity index (χ1n) is 6.94. The Morgan fingerprint density at radius 1 is 1.24 bits per heavy atom. The average Bonchev–Trinajstić information content (AvgIpc) is 2.34. The van der Waals surface area contributed by atoms with Gasteiger partial charge >= 0.3 is 11.9 Å². The summed E-state index contributed by atoms with van der Waals surface area (Å²) < 4.78 is 5.42. The molecule has 2 atom stereocenters. The van der Waals surface area contributed by atoms with Crippen molar-refractivity contribution in [2.75, 3.05) is 0 Å². The Morgan fingerprint density at radius 3 is 2.29 bits per heavy atom. The van der Waals surface area contributed by atoms with E-state index in [1.54, 1.807) is 20.8 Å². The van der Waals surface area contributed by atoms with Crippen molar-refractivity contribution >= 4 is 11.9 Å². The fraction of sp³-hybridized carbons (Fsp3) is 0.500. The molecule has 1 aromatic carbocycles. The first-order valence-corrected chi connectivity index (χ1v) is 6.94. The van der Waals surface area contributed by atoms with Gasteiger partial charge in [-0.3, -0.25) is 9.59 Å². The van der Waals surface area contributed by atoms with Gasteiger partial charge < -0.3 is 15.6 Å². The molecule has 0 saturated carbocycles. The summed E-state index contributed by atoms with van der Waals surface area (Å²) in [6.07, 6.45) is 0.0668. The highest BCUT2D eigenvalue weighted by Gasteiger charge is 2.28. The van der Waals surface area contributed by atoms with Crippen molar-refractivity contribution in [1.82, 2.24) is 0 Å². The number of esters is 1. The molecule has 0 aliphatic heterocycles. The van der Waals surface area contributed by atoms with Crippen molar-refractivity contribution < 1.29 is 19.4 Å². The second kappa shape index (κ2) is 7.22. The van der Waals surface area contributed by atoms with E-state index in [9.17, 15) is 9.59 Å². The molecule has 0 heterocycles. The zero-order chi connectivity index (χ0) is 16.0. The summed E-state index contributed by atoms with van der Waals surface area (Å²) in [5.74, 6) is -1.91. The molecule has 21 heavy (non-hydrogen) atoms. The Kier molecular flexibility index (Phi) is 5.90. The lowest BCUT2D eigenvalue weighted by molar-refractivity contribution is -0.157. The summed E-state index contributed by atoms with van der Waals surface area (Å²) in [5, 5.41) is 8.80. The number of carbonyl (C=O) groups is 2. The minimum atomic E-state index is -0.974. The van der Waals surface area contributed by atoms with E-state index in [1.807, 2.05) is 30.3 Å². The lowest BCUT2D eigenvalue weighted by Crippen LogP contribution is -2.32. The molecule has 1 aromatic rings. The molecule has 1 rings (SSSR count). The highest BCUT2D eigenvalue weighted by Crippen LogP contribution is 2.25. The van der Waals surface area contributed by atoms with E-state index >= 15 is 0 Å². The van der Waals surface area contributed by atoms with Crippen LogP contribution < -0.4 is 5.73 Å². The standard InChI is InChI=1S/C16H23NO4/c1-16(2,3)21-15(20)13(9-12(17)10-14(18)19)11-7-5-4-6-8-11/h4-8,12-13H,9-10,17H2,1-3H3,(H,18,19)/t12-,13+/m1/s1. The zero-order valence-electron chi connectivity index (χ0n) is 12.7. The quantitative estimate of drug-likeness (QED) is 0.785. The predicted octanol–water partition coefficient (Wildman–Crippen LogP) is 2.30. The van der Waals surface area contributed by atoms with E-state index in [0.717, 1.165) is 5.56 Å². The maximum absolute atomic E-state index is 12.4. The van der Waals surface area contributed by atoms with Crippen LogP contribution in [0.1, 0.15) is 45.1 Å². The zero-order valence-corrected chi connectivity index (χ0v) is 12.7. The van der Waals surface area contributed by atoms with Crippen LogP contribution in [0, 0.1) is 0 Å². The third kappa shape index (κ3) is 6.40. The van der Waals surface area contributed by atoms with Crippen LogP contribution in [-0.2, 0) is 14.3 Å². The fourth-order valence-corrected chi connectivity index (χ4v) is 2.04. The Hall–Kier alpha value is -1.88. The molecule has 0 bridgehead atoms. The number of carbonyl (C=O) groups excluding carboxylic acids is 1. The second-order valence-electron chi connectivity index (χ2n) is 6.09. The molecule has 5 nitrogen and oxygen atoms in total. The molecule has 0 saturated heterocycles. The lowest BCUT2D eigenvalue weighted by atomic mass is 9.91. The number of hydrogen-bond donors (Lipinski definition) is 2. The van der Waals surface area contributed by atoms with Crippen molar-refractivity contribution in [3.63, 3.8) is 0 Å². The van der Waals surface area contributed by atoms with Gasteiger partial charge in [0.15, 0.2) is 0 Å². The largest absolute Gasteiger partial charge is 0.481 e. The van der Waals surface area contributed by atoms with Gasteiger partial charge in [-0.1, -0.05) is 30.3 Å². The van der Waals surface area contributed by atoms with Crippen LogP contribution in [0.5, 0.6) is 0 Å². The number of nitrogens with two attached hydrogens (primary N) is 1. The lowest BCUT2D eigenvalue weighted by Gasteiger charge is -2.25. The van der Waals surface area contributed by atoms with Crippen molar-refractivity contribution in [2.45, 2.75) is 51.2 Å². The van der Waals surface area contributed by atoms with Gasteiger partial charge in [0.05, 0.1) is 12.3 Å². The highest BCUT2D eigenvalue weighted by atomic mass is 16.6. The molecule has 0 fully saturated rings. The van der Waals surface area contributed by atoms with Crippen LogP contribution in [0.25, 0.3) is 0 Å². The Labute approximate surface area is 125 Å². The highest BCUT2D eigenvalue weighted by molar-refractivity contribution is 5.78. The van der Waals surface area contributed by atoms with Crippen molar-refractivity contribution in [3.8, 4) is 0 Å². The SMILES string of the molecule is CC(C)(C)OC(=O)[C@@H](C[C@@H](N)CC(=O)O)c1ccccc1. The topological polar surface area (TPSA) is 89.6 Å². The van der Waals surface area contributed by atoms with Gasteiger partial charge in [-0.15, -0.1) is 0 Å². The molecular formula is C16H23NO4. The number of aliphatic carboxylic acids is 1. The summed E-state index contributed by atoms with van der Waals surface area (Å²) in [7, 11) is 0. The minimum Gasteiger partial charge on any atom is -0.481 e. The number of rotatable bonds is 6. The summed E-state index contributed by atoms with van der Waals surface area (Å²) in [6.45, 7) is 5.39. The van der Waals surface area contributed by atoms with Crippen molar-refractivity contribution in [2.24, 2.45) is 5.73 Å². The first kappa shape index (κ1) is 17.2. The smallest absolute Gasteiger partial charge is 0.313 e. The molecular weight excluding hydrogens is 270 g/mol. The number of carboxylic acid groups (broad SMARTS) is 1. The second-order valence-corrected chi connectivity index (χ2v) is 6.09. The molecule has 116 valence electrons. The molecule has 0 spiro atoms. The van der Waals surface area contributed by atoms with Crippen LogP contribution in [0.2, 0.25) is 0 Å². The predicted molar refractivity (Wildman–Crippen MR) is 79.9 cm³/mol. The molecule has 0 aromatic heterocycles. The summed E-state index contributed by atoms with van der Waals surface area (Å²) in [4.78, 5) is 23.1. The van der Waals surface area contributed by atoms with Crippen molar-refractivity contribution in [3.05, 3.63) is 35.9 Å². The fourth-order valence-electron chi connectivity index (χ4n) is 2.04. The first-order chi connectivity index (χ1) is 9.69. The number of ether oxygens (including phenoxy) is 1. The van der Waals surface area contributed by atoms with Gasteiger partial charge in [-0.2, -0.15) is 0 Å². The van der Waals surface area contributed by atoms with E-state index < -0.39 is 23.5 Å². The Balaban J connectivity index is 2.90. The molecule has 0 aliphatic rings. The van der Waals surface area contributed by atoms with Gasteiger partial charge in [-0.05, 0) is 32.8 Å². The number of benzene rings is 1. The van der Waals surface area contributed by atoms with Gasteiger partial charge in [0, 0.05) is 6.04 Å². The van der Waals surface area contributed by atoms with Gasteiger partial charge in [-0.25, -0.2) is 0 Å². The maximum atomic E-state index is 12.4. The minimum absolute atomic E-state index is 0.174. The molecule has 5 heteroatoms. The molecule has 3 N–H and O–H groups in total. The van der Waals surface area contributed by atoms with Gasteiger partial charge in [0.25, 0.3) is 0 Å². The number of carboxylic acids is 1. The molecule has 0 amide bonds. The monoisotopic (exact) mass is 293 g/mol. The third-order valence-electron chi connectivity index (χ3n) is 2.87. The molecule has 0 aliphatic carbocycles. The average molecular weight is 293 g/mol. The van der Waals surface area contributed by atoms with E-state index in [0.29, 0.717) is 0 Å². The van der Waals surface area contributed by atoms with E-state index in [-0.39, 0.29) is 18.8 Å². The normalized spacial score (nSPS) is 14.3. The van der Waals surface area contributed by atoms with Crippen LogP contribution in [-0.4, -0.2) is 28.7 Å². The number of hydrogen-bond acceptors (Lipinski definition) is 4. The Bertz CT molecular complexity index is 479. The summed E-state index contributed by atoms with van der Waals surface area (Å²) in [5.41, 5.74) is 6.01. The maximum Gasteiger partial charge on any atom is 0.313 e. The van der Waals surface area contributed by atoms with Crippen LogP contribution in [0.4, 0.5) is 0 Å².